The lowest BCUT2D eigenvalue weighted by atomic mass is 9.96. The Morgan fingerprint density at radius 1 is 1.00 bits per heavy atom. The van der Waals surface area contributed by atoms with E-state index in [9.17, 15) is 14.4 Å². The summed E-state index contributed by atoms with van der Waals surface area (Å²) in [5.74, 6) is 0.246. The van der Waals surface area contributed by atoms with Crippen molar-refractivity contribution in [2.24, 2.45) is 4.99 Å². The van der Waals surface area contributed by atoms with Crippen LogP contribution in [0.1, 0.15) is 51.8 Å². The first-order valence-corrected chi connectivity index (χ1v) is 13.9. The zero-order chi connectivity index (χ0) is 28.8. The molecule has 0 saturated heterocycles. The molecule has 0 saturated carbocycles. The molecular formula is C30H32N2O7S. The number of fused-ring (bicyclic) bond motifs is 1. The van der Waals surface area contributed by atoms with Crippen LogP contribution in [-0.4, -0.2) is 42.4 Å². The Morgan fingerprint density at radius 2 is 1.65 bits per heavy atom. The van der Waals surface area contributed by atoms with Gasteiger partial charge in [-0.2, -0.15) is 0 Å². The average molecular weight is 565 g/mol. The molecule has 0 aliphatic carbocycles. The second-order valence-electron chi connectivity index (χ2n) is 9.20. The lowest BCUT2D eigenvalue weighted by molar-refractivity contribution is -0.145. The van der Waals surface area contributed by atoms with E-state index >= 15 is 0 Å². The van der Waals surface area contributed by atoms with E-state index in [1.54, 1.807) is 62.6 Å². The number of esters is 2. The highest BCUT2D eigenvalue weighted by Gasteiger charge is 2.33. The number of ether oxygens (including phenoxy) is 4. The third-order valence-corrected chi connectivity index (χ3v) is 6.91. The van der Waals surface area contributed by atoms with Gasteiger partial charge in [-0.15, -0.1) is 0 Å². The number of thiazole rings is 1. The summed E-state index contributed by atoms with van der Waals surface area (Å²) in [6.45, 7) is 9.58. The van der Waals surface area contributed by atoms with Gasteiger partial charge >= 0.3 is 11.9 Å². The zero-order valence-electron chi connectivity index (χ0n) is 23.1. The van der Waals surface area contributed by atoms with Gasteiger partial charge in [0.15, 0.2) is 11.4 Å². The average Bonchev–Trinajstić information content (AvgIpc) is 3.22. The smallest absolute Gasteiger partial charge is 0.344 e. The molecule has 1 atom stereocenters. The molecule has 1 aliphatic heterocycles. The number of aromatic nitrogens is 1. The summed E-state index contributed by atoms with van der Waals surface area (Å²) < 4.78 is 23.5. The van der Waals surface area contributed by atoms with Gasteiger partial charge in [-0.05, 0) is 76.1 Å². The molecule has 1 aromatic heterocycles. The van der Waals surface area contributed by atoms with E-state index in [2.05, 4.69) is 4.99 Å². The number of benzene rings is 2. The second-order valence-corrected chi connectivity index (χ2v) is 10.2. The van der Waals surface area contributed by atoms with E-state index < -0.39 is 18.0 Å². The molecule has 0 amide bonds. The van der Waals surface area contributed by atoms with Crippen molar-refractivity contribution in [3.63, 3.8) is 0 Å². The number of allylic oxidation sites excluding steroid dienone is 1. The third-order valence-electron chi connectivity index (χ3n) is 5.93. The Morgan fingerprint density at radius 3 is 2.27 bits per heavy atom. The predicted octanol–water partition coefficient (Wildman–Crippen LogP) is 3.53. The van der Waals surface area contributed by atoms with Crippen molar-refractivity contribution >= 4 is 29.4 Å². The number of rotatable bonds is 10. The quantitative estimate of drug-likeness (QED) is 0.347. The molecule has 0 N–H and O–H groups in total. The number of carbonyl (C=O) groups excluding carboxylic acids is 2. The fourth-order valence-corrected chi connectivity index (χ4v) is 5.29. The summed E-state index contributed by atoms with van der Waals surface area (Å²) in [6.07, 6.45) is 1.43. The van der Waals surface area contributed by atoms with E-state index in [0.717, 1.165) is 11.1 Å². The Kier molecular flexibility index (Phi) is 9.21. The van der Waals surface area contributed by atoms with Gasteiger partial charge < -0.3 is 18.9 Å². The van der Waals surface area contributed by atoms with Gasteiger partial charge in [-0.3, -0.25) is 9.36 Å². The lowest BCUT2D eigenvalue weighted by Gasteiger charge is -2.25. The fourth-order valence-electron chi connectivity index (χ4n) is 4.25. The van der Waals surface area contributed by atoms with Crippen LogP contribution >= 0.6 is 11.3 Å². The molecule has 210 valence electrons. The molecule has 2 heterocycles. The maximum absolute atomic E-state index is 13.8. The molecule has 40 heavy (non-hydrogen) atoms. The van der Waals surface area contributed by atoms with Crippen LogP contribution < -0.4 is 24.4 Å². The molecule has 10 heteroatoms. The second kappa shape index (κ2) is 12.8. The van der Waals surface area contributed by atoms with Gasteiger partial charge in [-0.25, -0.2) is 14.6 Å². The van der Waals surface area contributed by atoms with Crippen LogP contribution in [0.2, 0.25) is 0 Å². The van der Waals surface area contributed by atoms with Gasteiger partial charge in [0.2, 0.25) is 0 Å². The van der Waals surface area contributed by atoms with Gasteiger partial charge in [0.05, 0.1) is 41.2 Å². The molecular weight excluding hydrogens is 532 g/mol. The molecule has 1 aliphatic rings. The van der Waals surface area contributed by atoms with Crippen molar-refractivity contribution in [3.05, 3.63) is 90.6 Å². The zero-order valence-corrected chi connectivity index (χ0v) is 23.9. The van der Waals surface area contributed by atoms with Crippen molar-refractivity contribution in [2.75, 3.05) is 19.8 Å². The standard InChI is InChI=1S/C30H32N2O7S/c1-6-36-22-14-10-21(11-15-22)27-26(29(35)39-18(3)4)19(5)31-30-32(27)28(34)24(40-30)16-20-8-12-23(13-9-20)38-17-25(33)37-7-2/h8-16,18,27H,6-7,17H2,1-5H3/b24-16+/t27-/m1/s1. The molecule has 0 spiro atoms. The van der Waals surface area contributed by atoms with Gasteiger partial charge in [0.25, 0.3) is 5.56 Å². The van der Waals surface area contributed by atoms with Gasteiger partial charge in [0, 0.05) is 0 Å². The van der Waals surface area contributed by atoms with Crippen LogP contribution in [0.5, 0.6) is 11.5 Å². The summed E-state index contributed by atoms with van der Waals surface area (Å²) in [5.41, 5.74) is 2.05. The molecule has 0 unspecified atom stereocenters. The molecule has 3 aromatic rings. The van der Waals surface area contributed by atoms with Crippen LogP contribution in [0.25, 0.3) is 6.08 Å². The number of hydrogen-bond acceptors (Lipinski definition) is 9. The Labute approximate surface area is 236 Å². The highest BCUT2D eigenvalue weighted by molar-refractivity contribution is 7.07. The van der Waals surface area contributed by atoms with Crippen LogP contribution in [0.3, 0.4) is 0 Å². The van der Waals surface area contributed by atoms with Crippen LogP contribution in [0, 0.1) is 0 Å². The summed E-state index contributed by atoms with van der Waals surface area (Å²) in [6, 6.07) is 13.6. The SMILES string of the molecule is CCOC(=O)COc1ccc(/C=c2/sc3n(c2=O)[C@H](c2ccc(OCC)cc2)C(C(=O)OC(C)C)=C(C)N=3)cc1. The Bertz CT molecular complexity index is 1580. The van der Waals surface area contributed by atoms with Crippen molar-refractivity contribution in [1.82, 2.24) is 4.57 Å². The topological polar surface area (TPSA) is 105 Å². The van der Waals surface area contributed by atoms with E-state index in [4.69, 9.17) is 18.9 Å². The van der Waals surface area contributed by atoms with E-state index in [-0.39, 0.29) is 24.9 Å². The first-order valence-electron chi connectivity index (χ1n) is 13.1. The van der Waals surface area contributed by atoms with Crippen LogP contribution in [0.15, 0.2) is 69.6 Å². The first-order chi connectivity index (χ1) is 19.2. The first kappa shape index (κ1) is 28.8. The van der Waals surface area contributed by atoms with Crippen molar-refractivity contribution in [1.29, 1.82) is 0 Å². The minimum Gasteiger partial charge on any atom is -0.494 e. The fraction of sp³-hybridized carbons (Fsp3) is 0.333. The third kappa shape index (κ3) is 6.51. The molecule has 0 radical (unpaired) electrons. The molecule has 9 nitrogen and oxygen atoms in total. The van der Waals surface area contributed by atoms with Crippen molar-refractivity contribution in [3.8, 4) is 11.5 Å². The number of carbonyl (C=O) groups is 2. The summed E-state index contributed by atoms with van der Waals surface area (Å²) in [4.78, 5) is 43.7. The number of hydrogen-bond donors (Lipinski definition) is 0. The maximum atomic E-state index is 13.8. The van der Waals surface area contributed by atoms with Crippen molar-refractivity contribution in [2.45, 2.75) is 46.8 Å². The van der Waals surface area contributed by atoms with E-state index in [1.807, 2.05) is 31.2 Å². The minimum absolute atomic E-state index is 0.182. The monoisotopic (exact) mass is 564 g/mol. The van der Waals surface area contributed by atoms with Crippen LogP contribution in [-0.2, 0) is 19.1 Å². The lowest BCUT2D eigenvalue weighted by Crippen LogP contribution is -2.40. The van der Waals surface area contributed by atoms with Gasteiger partial charge in [-0.1, -0.05) is 35.6 Å². The van der Waals surface area contributed by atoms with Crippen molar-refractivity contribution < 1.29 is 28.5 Å². The molecule has 2 aromatic carbocycles. The predicted molar refractivity (Wildman–Crippen MR) is 151 cm³/mol. The van der Waals surface area contributed by atoms with Gasteiger partial charge in [0.1, 0.15) is 11.5 Å². The summed E-state index contributed by atoms with van der Waals surface area (Å²) in [7, 11) is 0. The molecule has 0 bridgehead atoms. The highest BCUT2D eigenvalue weighted by atomic mass is 32.1. The minimum atomic E-state index is -0.709. The Hall–Kier alpha value is -4.18. The molecule has 0 fully saturated rings. The van der Waals surface area contributed by atoms with Crippen LogP contribution in [0.4, 0.5) is 0 Å². The van der Waals surface area contributed by atoms with E-state index in [1.165, 1.54) is 11.3 Å². The number of nitrogens with zero attached hydrogens (tertiary/aromatic N) is 2. The molecule has 4 rings (SSSR count). The summed E-state index contributed by atoms with van der Waals surface area (Å²) >= 11 is 1.25. The Balaban J connectivity index is 1.73. The summed E-state index contributed by atoms with van der Waals surface area (Å²) in [5, 5.41) is 0. The maximum Gasteiger partial charge on any atom is 0.344 e. The largest absolute Gasteiger partial charge is 0.494 e. The normalized spacial score (nSPS) is 14.9. The van der Waals surface area contributed by atoms with E-state index in [0.29, 0.717) is 38.7 Å². The highest BCUT2D eigenvalue weighted by Crippen LogP contribution is 2.32.